The van der Waals surface area contributed by atoms with Crippen molar-refractivity contribution in [3.8, 4) is 0 Å². The minimum atomic E-state index is -0.968. The molecule has 1 aromatic rings. The van der Waals surface area contributed by atoms with Crippen LogP contribution in [0.2, 0.25) is 25.1 Å². The molecule has 0 saturated carbocycles. The summed E-state index contributed by atoms with van der Waals surface area (Å²) in [5.74, 6) is -0.968. The quantitative estimate of drug-likeness (QED) is 0.279. The largest absolute Gasteiger partial charge is 4.00 e. The Morgan fingerprint density at radius 3 is 1.12 bits per heavy atom. The van der Waals surface area contributed by atoms with Gasteiger partial charge in [0, 0.05) is 0 Å². The summed E-state index contributed by atoms with van der Waals surface area (Å²) in [6.07, 6.45) is 0. The van der Waals surface area contributed by atoms with Crippen LogP contribution in [0.25, 0.3) is 0 Å². The second-order valence-electron chi connectivity index (χ2n) is 2.58. The number of rotatable bonds is 1. The normalized spacial score (nSPS) is 6.56. The van der Waals surface area contributed by atoms with Crippen LogP contribution in [0.1, 0.15) is 0 Å². The Balaban J connectivity index is -0.0000000257. The number of nitrogens with two attached hydrogens (primary N) is 1. The van der Waals surface area contributed by atoms with E-state index in [-0.39, 0.29) is 86.1 Å². The van der Waals surface area contributed by atoms with Crippen LogP contribution in [0, 0.1) is 0 Å². The maximum Gasteiger partial charge on any atom is 4.00 e. The topological polar surface area (TPSA) is 275 Å². The Kier molecular flexibility index (Phi) is 61.8. The smallest absolute Gasteiger partial charge is 0.870 e. The van der Waals surface area contributed by atoms with Crippen molar-refractivity contribution in [2.45, 2.75) is 0 Å². The SMILES string of the molecule is NCC(=O)O.O.[Al+2][c]1c(Cl)c(Cl)c(Cl)c(Cl)c1Cl.[OH-].[OH-].[OH-].[OH-].[OH-].[OH-].[Zr+4]. The molecule has 1 rings (SSSR count). The Bertz CT molecular complexity index is 355. The van der Waals surface area contributed by atoms with E-state index < -0.39 is 5.97 Å². The minimum Gasteiger partial charge on any atom is -0.870 e. The summed E-state index contributed by atoms with van der Waals surface area (Å²) >= 11 is 31.1. The van der Waals surface area contributed by atoms with Gasteiger partial charge in [-0.25, -0.2) is 0 Å². The molecule has 0 saturated heterocycles. The molecule has 0 unspecified atom stereocenters. The van der Waals surface area contributed by atoms with Gasteiger partial charge < -0.3 is 49.2 Å². The number of carboxylic acid groups (broad SMARTS) is 1. The summed E-state index contributed by atoms with van der Waals surface area (Å²) in [6, 6.07) is 0. The van der Waals surface area contributed by atoms with Crippen LogP contribution in [-0.4, -0.2) is 72.2 Å². The van der Waals surface area contributed by atoms with Gasteiger partial charge in [0.1, 0.15) is 0 Å². The van der Waals surface area contributed by atoms with Gasteiger partial charge in [-0.1, -0.05) is 0 Å². The van der Waals surface area contributed by atoms with E-state index in [0.717, 1.165) is 0 Å². The van der Waals surface area contributed by atoms with Crippen LogP contribution < -0.4 is 10.2 Å². The molecule has 10 nitrogen and oxygen atoms in total. The molecule has 0 heterocycles. The van der Waals surface area contributed by atoms with Gasteiger partial charge in [-0.15, -0.1) is 0 Å². The summed E-state index contributed by atoms with van der Waals surface area (Å²) in [6.45, 7) is -0.278. The van der Waals surface area contributed by atoms with Crippen molar-refractivity contribution in [3.63, 3.8) is 0 Å². The number of hydrogen-bond acceptors (Lipinski definition) is 8. The Morgan fingerprint density at radius 2 is 0.960 bits per heavy atom. The van der Waals surface area contributed by atoms with Crippen LogP contribution in [0.15, 0.2) is 0 Å². The number of halogens is 5. The van der Waals surface area contributed by atoms with Crippen LogP contribution in [-0.2, 0) is 31.0 Å². The van der Waals surface area contributed by atoms with Crippen molar-refractivity contribution in [2.24, 2.45) is 5.73 Å². The van der Waals surface area contributed by atoms with Crippen molar-refractivity contribution in [1.82, 2.24) is 0 Å². The number of carboxylic acids is 1. The van der Waals surface area contributed by atoms with Gasteiger partial charge in [0.25, 0.3) is 0 Å². The molecule has 146 valence electrons. The molecule has 0 aliphatic rings. The average Bonchev–Trinajstić information content (AvgIpc) is 2.32. The van der Waals surface area contributed by atoms with Crippen molar-refractivity contribution >= 4 is 84.7 Å². The third kappa shape index (κ3) is 18.4. The zero-order valence-corrected chi connectivity index (χ0v) is 19.2. The van der Waals surface area contributed by atoms with Crippen LogP contribution in [0.4, 0.5) is 0 Å². The Morgan fingerprint density at radius 1 is 0.800 bits per heavy atom. The van der Waals surface area contributed by atoms with Crippen molar-refractivity contribution < 1.29 is 74.4 Å². The predicted molar refractivity (Wildman–Crippen MR) is 88.8 cm³/mol. The standard InChI is InChI=1S/C6Cl5.C2H5NO2.Al.7H2O.Zr/c7-2-1-3(8)5(10)6(11)4(2)9;3-1-2(4)5;;;;;;;;;/h;1,3H2,(H,4,5);;7*1H2;/q;;+2;;;;;;;;+4/p-6. The molecule has 0 fully saturated rings. The van der Waals surface area contributed by atoms with E-state index in [1.54, 1.807) is 0 Å². The fourth-order valence-electron chi connectivity index (χ4n) is 0.622. The fourth-order valence-corrected chi connectivity index (χ4v) is 2.25. The molecule has 0 amide bonds. The minimum absolute atomic E-state index is 0. The molecule has 0 aliphatic heterocycles. The van der Waals surface area contributed by atoms with Crippen LogP contribution in [0.3, 0.4) is 0 Å². The van der Waals surface area contributed by atoms with Gasteiger partial charge in [0.05, 0.1) is 6.54 Å². The zero-order chi connectivity index (χ0) is 13.7. The molecule has 0 aliphatic carbocycles. The molecular weight excluding hydrogens is 550 g/mol. The predicted octanol–water partition coefficient (Wildman–Crippen LogP) is 0.889. The first-order valence-electron chi connectivity index (χ1n) is 3.92. The van der Waals surface area contributed by atoms with Gasteiger partial charge in [0.2, 0.25) is 0 Å². The molecule has 1 aromatic carbocycles. The maximum atomic E-state index is 9.24. The number of aliphatic carboxylic acids is 1. The van der Waals surface area contributed by atoms with Crippen molar-refractivity contribution in [3.05, 3.63) is 25.1 Å². The summed E-state index contributed by atoms with van der Waals surface area (Å²) in [4.78, 5) is 9.24. The number of carbonyl (C=O) groups is 1. The van der Waals surface area contributed by atoms with Gasteiger partial charge in [-0.2, -0.15) is 0 Å². The average molecular weight is 563 g/mol. The second kappa shape index (κ2) is 27.5. The molecule has 11 N–H and O–H groups in total. The van der Waals surface area contributed by atoms with Crippen LogP contribution in [0.5, 0.6) is 0 Å². The first-order chi connectivity index (χ1) is 7.73. The van der Waals surface area contributed by atoms with Crippen molar-refractivity contribution in [1.29, 1.82) is 0 Å². The number of benzene rings is 1. The van der Waals surface area contributed by atoms with E-state index in [1.165, 1.54) is 0 Å². The molecule has 25 heavy (non-hydrogen) atoms. The summed E-state index contributed by atoms with van der Waals surface area (Å²) in [7, 11) is 0. The van der Waals surface area contributed by atoms with E-state index in [0.29, 0.717) is 14.5 Å². The summed E-state index contributed by atoms with van der Waals surface area (Å²) in [5.41, 5.74) is 4.57. The Labute approximate surface area is 195 Å². The van der Waals surface area contributed by atoms with E-state index in [9.17, 15) is 4.79 Å². The zero-order valence-electron chi connectivity index (χ0n) is 11.8. The third-order valence-electron chi connectivity index (χ3n) is 1.42. The Hall–Kier alpha value is 1.24. The first-order valence-corrected chi connectivity index (χ1v) is 6.39. The van der Waals surface area contributed by atoms with E-state index in [1.807, 2.05) is 0 Å². The monoisotopic (exact) mass is 559 g/mol. The summed E-state index contributed by atoms with van der Waals surface area (Å²) in [5, 5.41) is 8.83. The first kappa shape index (κ1) is 56.2. The molecule has 0 radical (unpaired) electrons. The van der Waals surface area contributed by atoms with Gasteiger partial charge >= 0.3 is 136 Å². The van der Waals surface area contributed by atoms with E-state index >= 15 is 0 Å². The maximum absolute atomic E-state index is 9.24. The molecule has 0 atom stereocenters. The van der Waals surface area contributed by atoms with Crippen LogP contribution >= 0.6 is 58.0 Å². The molecular formula is C8H13AlCl5NO9Zr. The van der Waals surface area contributed by atoms with Gasteiger partial charge in [0.15, 0.2) is 0 Å². The van der Waals surface area contributed by atoms with Gasteiger partial charge in [-0.05, 0) is 0 Å². The third-order valence-corrected chi connectivity index (χ3v) is 4.67. The second-order valence-corrected chi connectivity index (χ2v) is 5.05. The molecule has 17 heteroatoms. The van der Waals surface area contributed by atoms with E-state index in [4.69, 9.17) is 63.1 Å². The van der Waals surface area contributed by atoms with Gasteiger partial charge in [-0.3, -0.25) is 4.79 Å². The number of hydrogen-bond donors (Lipinski definition) is 2. The van der Waals surface area contributed by atoms with Crippen molar-refractivity contribution in [2.75, 3.05) is 6.54 Å². The molecule has 0 aromatic heterocycles. The fraction of sp³-hybridized carbons (Fsp3) is 0.125. The van der Waals surface area contributed by atoms with E-state index in [2.05, 4.69) is 22.0 Å². The molecule has 0 bridgehead atoms. The molecule has 0 spiro atoms. The summed E-state index contributed by atoms with van der Waals surface area (Å²) < 4.78 is 0.553.